The summed E-state index contributed by atoms with van der Waals surface area (Å²) >= 11 is 1.63. The van der Waals surface area contributed by atoms with E-state index < -0.39 is 0 Å². The number of hydrogen-bond acceptors (Lipinski definition) is 3. The van der Waals surface area contributed by atoms with Crippen LogP contribution in [-0.4, -0.2) is 21.4 Å². The molecule has 0 saturated heterocycles. The van der Waals surface area contributed by atoms with Crippen molar-refractivity contribution in [2.75, 3.05) is 11.1 Å². The summed E-state index contributed by atoms with van der Waals surface area (Å²) in [5.74, 6) is 1.08. The summed E-state index contributed by atoms with van der Waals surface area (Å²) in [5.41, 5.74) is 1.09. The van der Waals surface area contributed by atoms with E-state index >= 15 is 0 Å². The van der Waals surface area contributed by atoms with Gasteiger partial charge in [0.2, 0.25) is 5.91 Å². The lowest BCUT2D eigenvalue weighted by molar-refractivity contribution is -0.113. The van der Waals surface area contributed by atoms with Crippen LogP contribution >= 0.6 is 11.8 Å². The van der Waals surface area contributed by atoms with E-state index in [4.69, 9.17) is 0 Å². The van der Waals surface area contributed by atoms with Gasteiger partial charge >= 0.3 is 0 Å². The normalized spacial score (nSPS) is 11.2. The summed E-state index contributed by atoms with van der Waals surface area (Å²) in [5, 5.41) is 2.78. The van der Waals surface area contributed by atoms with Crippen LogP contribution in [0.3, 0.4) is 0 Å². The molecule has 0 spiro atoms. The van der Waals surface area contributed by atoms with Crippen LogP contribution in [0.25, 0.3) is 0 Å². The molecule has 0 radical (unpaired) electrons. The Morgan fingerprint density at radius 1 is 1.50 bits per heavy atom. The van der Waals surface area contributed by atoms with Gasteiger partial charge in [-0.25, -0.2) is 4.98 Å². The highest BCUT2D eigenvalue weighted by Gasteiger charge is 2.13. The number of nitrogens with zero attached hydrogens (tertiary/aromatic N) is 1. The summed E-state index contributed by atoms with van der Waals surface area (Å²) in [6.45, 7) is 8.25. The van der Waals surface area contributed by atoms with Crippen molar-refractivity contribution in [1.29, 1.82) is 0 Å². The molecule has 0 aliphatic carbocycles. The molecule has 0 unspecified atom stereocenters. The predicted molar refractivity (Wildman–Crippen MR) is 69.8 cm³/mol. The lowest BCUT2D eigenvalue weighted by atomic mass is 10.3. The number of aryl methyl sites for hydroxylation is 1. The zero-order chi connectivity index (χ0) is 12.2. The minimum absolute atomic E-state index is 0.00183. The number of carbonyl (C=O) groups is 1. The highest BCUT2D eigenvalue weighted by Crippen LogP contribution is 2.22. The molecule has 0 aromatic carbocycles. The first kappa shape index (κ1) is 13.0. The Morgan fingerprint density at radius 2 is 2.19 bits per heavy atom. The summed E-state index contributed by atoms with van der Waals surface area (Å²) < 4.78 is 0.109. The predicted octanol–water partition coefficient (Wildman–Crippen LogP) is 2.86. The van der Waals surface area contributed by atoms with E-state index in [1.165, 1.54) is 0 Å². The molecule has 0 atom stereocenters. The zero-order valence-electron chi connectivity index (χ0n) is 10.2. The molecule has 4 heteroatoms. The lowest BCUT2D eigenvalue weighted by Gasteiger charge is -2.16. The number of thioether (sulfide) groups is 1. The number of amides is 1. The van der Waals surface area contributed by atoms with Gasteiger partial charge in [0, 0.05) is 10.9 Å². The van der Waals surface area contributed by atoms with Crippen LogP contribution in [0.4, 0.5) is 5.82 Å². The van der Waals surface area contributed by atoms with E-state index in [0.717, 1.165) is 5.56 Å². The molecule has 0 aliphatic rings. The molecule has 0 aliphatic heterocycles. The summed E-state index contributed by atoms with van der Waals surface area (Å²) in [6.07, 6.45) is 1.70. The molecule has 16 heavy (non-hydrogen) atoms. The Kier molecular flexibility index (Phi) is 4.35. The average molecular weight is 238 g/mol. The van der Waals surface area contributed by atoms with Crippen LogP contribution in [-0.2, 0) is 4.79 Å². The Labute approximate surface area is 101 Å². The zero-order valence-corrected chi connectivity index (χ0v) is 11.0. The maximum atomic E-state index is 11.6. The number of anilines is 1. The minimum Gasteiger partial charge on any atom is -0.310 e. The van der Waals surface area contributed by atoms with Crippen LogP contribution < -0.4 is 5.32 Å². The van der Waals surface area contributed by atoms with Crippen LogP contribution in [0, 0.1) is 6.92 Å². The van der Waals surface area contributed by atoms with Gasteiger partial charge < -0.3 is 5.32 Å². The van der Waals surface area contributed by atoms with Gasteiger partial charge in [-0.1, -0.05) is 20.8 Å². The van der Waals surface area contributed by atoms with Crippen molar-refractivity contribution in [2.45, 2.75) is 32.4 Å². The summed E-state index contributed by atoms with van der Waals surface area (Å²) in [7, 11) is 0. The third kappa shape index (κ3) is 5.16. The number of aromatic nitrogens is 1. The van der Waals surface area contributed by atoms with Crippen LogP contribution in [0.2, 0.25) is 0 Å². The molecule has 0 saturated carbocycles. The molecule has 1 heterocycles. The van der Waals surface area contributed by atoms with Crippen molar-refractivity contribution in [3.63, 3.8) is 0 Å². The Bertz CT molecular complexity index is 372. The smallest absolute Gasteiger partial charge is 0.235 e. The van der Waals surface area contributed by atoms with Crippen molar-refractivity contribution in [1.82, 2.24) is 4.98 Å². The van der Waals surface area contributed by atoms with E-state index in [0.29, 0.717) is 11.6 Å². The molecule has 0 fully saturated rings. The second-order valence-corrected chi connectivity index (χ2v) is 6.47. The van der Waals surface area contributed by atoms with Gasteiger partial charge in [-0.15, -0.1) is 11.8 Å². The quantitative estimate of drug-likeness (QED) is 0.880. The fraction of sp³-hybridized carbons (Fsp3) is 0.500. The van der Waals surface area contributed by atoms with Gasteiger partial charge in [-0.2, -0.15) is 0 Å². The molecule has 3 nitrogen and oxygen atoms in total. The monoisotopic (exact) mass is 238 g/mol. The molecule has 88 valence electrons. The van der Waals surface area contributed by atoms with E-state index in [9.17, 15) is 4.79 Å². The van der Waals surface area contributed by atoms with Gasteiger partial charge in [0.1, 0.15) is 5.82 Å². The lowest BCUT2D eigenvalue weighted by Crippen LogP contribution is -2.19. The van der Waals surface area contributed by atoms with E-state index in [2.05, 4.69) is 31.1 Å². The maximum Gasteiger partial charge on any atom is 0.235 e. The fourth-order valence-electron chi connectivity index (χ4n) is 1.07. The molecule has 1 rings (SSSR count). The van der Waals surface area contributed by atoms with Gasteiger partial charge in [0.15, 0.2) is 0 Å². The number of carbonyl (C=O) groups excluding carboxylic acids is 1. The Morgan fingerprint density at radius 3 is 2.75 bits per heavy atom. The number of rotatable bonds is 3. The first-order valence-corrected chi connectivity index (χ1v) is 6.22. The molecule has 1 N–H and O–H groups in total. The van der Waals surface area contributed by atoms with Crippen LogP contribution in [0.5, 0.6) is 0 Å². The van der Waals surface area contributed by atoms with Crippen LogP contribution in [0.1, 0.15) is 26.3 Å². The minimum atomic E-state index is -0.00183. The van der Waals surface area contributed by atoms with E-state index in [1.807, 2.05) is 19.1 Å². The molecular weight excluding hydrogens is 220 g/mol. The van der Waals surface area contributed by atoms with Gasteiger partial charge in [-0.05, 0) is 24.6 Å². The topological polar surface area (TPSA) is 42.0 Å². The first-order chi connectivity index (χ1) is 7.37. The molecule has 1 aromatic rings. The number of nitrogens with one attached hydrogen (secondary N) is 1. The Balaban J connectivity index is 2.46. The standard InChI is InChI=1S/C12H18N2OS/c1-9-5-6-13-10(7-9)14-11(15)8-16-12(2,3)4/h5-7H,8H2,1-4H3,(H,13,14,15). The molecule has 1 aromatic heterocycles. The highest BCUT2D eigenvalue weighted by molar-refractivity contribution is 8.01. The second-order valence-electron chi connectivity index (χ2n) is 4.67. The van der Waals surface area contributed by atoms with Crippen LogP contribution in [0.15, 0.2) is 18.3 Å². The number of hydrogen-bond donors (Lipinski definition) is 1. The van der Waals surface area contributed by atoms with Gasteiger partial charge in [-0.3, -0.25) is 4.79 Å². The molecular formula is C12H18N2OS. The Hall–Kier alpha value is -1.03. The van der Waals surface area contributed by atoms with Crippen molar-refractivity contribution < 1.29 is 4.79 Å². The first-order valence-electron chi connectivity index (χ1n) is 5.23. The SMILES string of the molecule is Cc1ccnc(NC(=O)CSC(C)(C)C)c1. The van der Waals surface area contributed by atoms with Crippen molar-refractivity contribution in [3.8, 4) is 0 Å². The average Bonchev–Trinajstić information content (AvgIpc) is 2.14. The van der Waals surface area contributed by atoms with Crippen molar-refractivity contribution in [3.05, 3.63) is 23.9 Å². The summed E-state index contributed by atoms with van der Waals surface area (Å²) in [6, 6.07) is 3.76. The maximum absolute atomic E-state index is 11.6. The van der Waals surface area contributed by atoms with Crippen molar-refractivity contribution in [2.24, 2.45) is 0 Å². The fourth-order valence-corrected chi connectivity index (χ4v) is 1.70. The largest absolute Gasteiger partial charge is 0.310 e. The summed E-state index contributed by atoms with van der Waals surface area (Å²) in [4.78, 5) is 15.7. The van der Waals surface area contributed by atoms with Crippen molar-refractivity contribution >= 4 is 23.5 Å². The molecule has 0 bridgehead atoms. The van der Waals surface area contributed by atoms with E-state index in [1.54, 1.807) is 18.0 Å². The third-order valence-corrected chi connectivity index (χ3v) is 3.09. The number of pyridine rings is 1. The highest BCUT2D eigenvalue weighted by atomic mass is 32.2. The third-order valence-electron chi connectivity index (χ3n) is 1.82. The van der Waals surface area contributed by atoms with E-state index in [-0.39, 0.29) is 10.7 Å². The molecule has 1 amide bonds. The van der Waals surface area contributed by atoms with Gasteiger partial charge in [0.25, 0.3) is 0 Å². The second kappa shape index (κ2) is 5.34. The van der Waals surface area contributed by atoms with Gasteiger partial charge in [0.05, 0.1) is 5.75 Å².